The maximum atomic E-state index is 5.43. The first kappa shape index (κ1) is 21.8. The van der Waals surface area contributed by atoms with E-state index in [1.54, 1.807) is 0 Å². The molecule has 0 spiro atoms. The lowest BCUT2D eigenvalue weighted by atomic mass is 10.1. The van der Waals surface area contributed by atoms with Gasteiger partial charge in [-0.25, -0.2) is 0 Å². The van der Waals surface area contributed by atoms with Gasteiger partial charge in [0.15, 0.2) is 6.61 Å². The predicted molar refractivity (Wildman–Crippen MR) is 104 cm³/mol. The van der Waals surface area contributed by atoms with Crippen molar-refractivity contribution in [2.24, 2.45) is 5.16 Å². The van der Waals surface area contributed by atoms with Crippen LogP contribution in [0.3, 0.4) is 0 Å². The maximum Gasteiger partial charge on any atom is 0.230 e. The zero-order valence-electron chi connectivity index (χ0n) is 17.1. The molecule has 0 atom stereocenters. The second-order valence-electron chi connectivity index (χ2n) is 8.66. The minimum atomic E-state index is 0.412. The molecular formula is C20H39N3O2+2. The Kier molecular flexibility index (Phi) is 9.92. The van der Waals surface area contributed by atoms with E-state index >= 15 is 0 Å². The zero-order valence-corrected chi connectivity index (χ0v) is 17.1. The van der Waals surface area contributed by atoms with E-state index in [2.05, 4.69) is 52.2 Å². The molecule has 0 aromatic heterocycles. The van der Waals surface area contributed by atoms with E-state index in [1.165, 1.54) is 51.6 Å². The summed E-state index contributed by atoms with van der Waals surface area (Å²) >= 11 is 0. The summed E-state index contributed by atoms with van der Waals surface area (Å²) in [6.07, 6.45) is 8.84. The maximum absolute atomic E-state index is 5.43. The number of unbranched alkanes of at least 4 members (excludes halogenated alkanes) is 5. The molecule has 144 valence electrons. The standard InChI is InChI=1S/C20H39N3O2/c1-22(2,3)15-10-8-6-7-9-11-16-23(4,5)17-12-13-18-24-20-14-19-25-21-20/h6-11,14-19H2,1-5H3/q+2. The molecule has 1 heterocycles. The molecule has 1 aliphatic heterocycles. The molecule has 0 bridgehead atoms. The van der Waals surface area contributed by atoms with Gasteiger partial charge in [-0.15, -0.1) is 0 Å². The van der Waals surface area contributed by atoms with Gasteiger partial charge in [0.2, 0.25) is 5.90 Å². The number of hydrogen-bond acceptors (Lipinski definition) is 3. The van der Waals surface area contributed by atoms with Gasteiger partial charge in [0.1, 0.15) is 13.2 Å². The van der Waals surface area contributed by atoms with Crippen molar-refractivity contribution in [2.45, 2.75) is 44.9 Å². The lowest BCUT2D eigenvalue weighted by Gasteiger charge is -2.27. The highest BCUT2D eigenvalue weighted by atomic mass is 16.7. The molecule has 0 N–H and O–H groups in total. The SMILES string of the molecule is C[N+](C)(C)CCCCCCCC[N+](C)(C)CC#CCOC1=NOCC1. The van der Waals surface area contributed by atoms with Crippen molar-refractivity contribution in [3.8, 4) is 11.8 Å². The van der Waals surface area contributed by atoms with Crippen LogP contribution in [0.25, 0.3) is 0 Å². The molecule has 0 aromatic carbocycles. The van der Waals surface area contributed by atoms with Gasteiger partial charge in [-0.2, -0.15) is 0 Å². The lowest BCUT2D eigenvalue weighted by Crippen LogP contribution is -2.40. The van der Waals surface area contributed by atoms with Crippen molar-refractivity contribution >= 4 is 5.90 Å². The Hall–Kier alpha value is -1.25. The van der Waals surface area contributed by atoms with Gasteiger partial charge in [0.05, 0.1) is 54.7 Å². The molecule has 0 saturated carbocycles. The van der Waals surface area contributed by atoms with Gasteiger partial charge in [-0.05, 0) is 31.6 Å². The highest BCUT2D eigenvalue weighted by molar-refractivity contribution is 5.76. The summed E-state index contributed by atoms with van der Waals surface area (Å²) < 4.78 is 7.47. The van der Waals surface area contributed by atoms with Crippen LogP contribution in [0.1, 0.15) is 44.9 Å². The molecule has 0 saturated heterocycles. The van der Waals surface area contributed by atoms with Crippen molar-refractivity contribution in [3.05, 3.63) is 0 Å². The fraction of sp³-hybridized carbons (Fsp3) is 0.850. The molecule has 5 nitrogen and oxygen atoms in total. The molecule has 0 amide bonds. The summed E-state index contributed by atoms with van der Waals surface area (Å²) in [6, 6.07) is 0. The molecule has 0 aromatic rings. The van der Waals surface area contributed by atoms with Crippen LogP contribution in [0.15, 0.2) is 5.16 Å². The first-order valence-electron chi connectivity index (χ1n) is 9.68. The Labute approximate surface area is 155 Å². The quantitative estimate of drug-likeness (QED) is 0.325. The first-order chi connectivity index (χ1) is 11.8. The van der Waals surface area contributed by atoms with E-state index in [4.69, 9.17) is 9.57 Å². The van der Waals surface area contributed by atoms with Crippen LogP contribution in [0, 0.1) is 11.8 Å². The van der Waals surface area contributed by atoms with Crippen molar-refractivity contribution in [1.29, 1.82) is 0 Å². The minimum Gasteiger partial charge on any atom is -0.465 e. The Morgan fingerprint density at radius 3 is 2.16 bits per heavy atom. The molecule has 25 heavy (non-hydrogen) atoms. The summed E-state index contributed by atoms with van der Waals surface area (Å²) in [7, 11) is 11.3. The largest absolute Gasteiger partial charge is 0.465 e. The Bertz CT molecular complexity index is 456. The van der Waals surface area contributed by atoms with Crippen molar-refractivity contribution in [3.63, 3.8) is 0 Å². The molecular weight excluding hydrogens is 314 g/mol. The van der Waals surface area contributed by atoms with E-state index in [9.17, 15) is 0 Å². The normalized spacial score (nSPS) is 14.5. The average Bonchev–Trinajstić information content (AvgIpc) is 3.01. The van der Waals surface area contributed by atoms with Gasteiger partial charge in [-0.1, -0.05) is 23.9 Å². The summed E-state index contributed by atoms with van der Waals surface area (Å²) in [4.78, 5) is 4.88. The van der Waals surface area contributed by atoms with Crippen LogP contribution in [-0.4, -0.2) is 83.0 Å². The number of ether oxygens (including phenoxy) is 1. The number of nitrogens with zero attached hydrogens (tertiary/aromatic N) is 3. The van der Waals surface area contributed by atoms with Gasteiger partial charge in [0.25, 0.3) is 0 Å². The highest BCUT2D eigenvalue weighted by Gasteiger charge is 2.12. The van der Waals surface area contributed by atoms with Crippen molar-refractivity contribution in [1.82, 2.24) is 0 Å². The van der Waals surface area contributed by atoms with E-state index in [-0.39, 0.29) is 0 Å². The Balaban J connectivity index is 1.99. The third-order valence-corrected chi connectivity index (χ3v) is 4.36. The molecule has 0 aliphatic carbocycles. The van der Waals surface area contributed by atoms with Crippen LogP contribution in [0.2, 0.25) is 0 Å². The van der Waals surface area contributed by atoms with Crippen LogP contribution in [0.5, 0.6) is 0 Å². The molecule has 0 fully saturated rings. The Morgan fingerprint density at radius 1 is 0.920 bits per heavy atom. The van der Waals surface area contributed by atoms with Gasteiger partial charge < -0.3 is 18.5 Å². The smallest absolute Gasteiger partial charge is 0.230 e. The lowest BCUT2D eigenvalue weighted by molar-refractivity contribution is -0.883. The molecule has 0 unspecified atom stereocenters. The number of oxime groups is 1. The van der Waals surface area contributed by atoms with E-state index in [0.717, 1.165) is 21.9 Å². The first-order valence-corrected chi connectivity index (χ1v) is 9.68. The fourth-order valence-corrected chi connectivity index (χ4v) is 2.75. The van der Waals surface area contributed by atoms with Crippen LogP contribution >= 0.6 is 0 Å². The topological polar surface area (TPSA) is 30.8 Å². The summed E-state index contributed by atoms with van der Waals surface area (Å²) in [5, 5.41) is 3.79. The second kappa shape index (κ2) is 11.4. The van der Waals surface area contributed by atoms with E-state index in [0.29, 0.717) is 19.1 Å². The van der Waals surface area contributed by atoms with Gasteiger partial charge >= 0.3 is 0 Å². The van der Waals surface area contributed by atoms with Crippen molar-refractivity contribution in [2.75, 3.05) is 68.1 Å². The van der Waals surface area contributed by atoms with Crippen LogP contribution in [0.4, 0.5) is 0 Å². The van der Waals surface area contributed by atoms with E-state index in [1.807, 2.05) is 0 Å². The summed E-state index contributed by atoms with van der Waals surface area (Å²) in [6.45, 7) is 4.38. The van der Waals surface area contributed by atoms with Gasteiger partial charge in [-0.3, -0.25) is 0 Å². The highest BCUT2D eigenvalue weighted by Crippen LogP contribution is 2.09. The summed E-state index contributed by atoms with van der Waals surface area (Å²) in [5.41, 5.74) is 0. The predicted octanol–water partition coefficient (Wildman–Crippen LogP) is 2.86. The average molecular weight is 354 g/mol. The van der Waals surface area contributed by atoms with Gasteiger partial charge in [0, 0.05) is 0 Å². The molecule has 0 radical (unpaired) electrons. The second-order valence-corrected chi connectivity index (χ2v) is 8.66. The minimum absolute atomic E-state index is 0.412. The summed E-state index contributed by atoms with van der Waals surface area (Å²) in [5.74, 6) is 6.98. The zero-order chi connectivity index (χ0) is 18.6. The number of rotatable bonds is 11. The van der Waals surface area contributed by atoms with Crippen molar-refractivity contribution < 1.29 is 18.5 Å². The Morgan fingerprint density at radius 2 is 1.56 bits per heavy atom. The number of quaternary nitrogens is 2. The fourth-order valence-electron chi connectivity index (χ4n) is 2.75. The third-order valence-electron chi connectivity index (χ3n) is 4.36. The number of hydrogen-bond donors (Lipinski definition) is 0. The van der Waals surface area contributed by atoms with Crippen LogP contribution in [-0.2, 0) is 9.57 Å². The molecule has 1 aliphatic rings. The van der Waals surface area contributed by atoms with Crippen LogP contribution < -0.4 is 0 Å². The monoisotopic (exact) mass is 353 g/mol. The third kappa shape index (κ3) is 12.7. The molecule has 5 heteroatoms. The van der Waals surface area contributed by atoms with E-state index < -0.39 is 0 Å². The molecule has 1 rings (SSSR count).